The number of rotatable bonds is 4. The maximum absolute atomic E-state index is 10.9. The second-order valence-corrected chi connectivity index (χ2v) is 8.99. The first-order valence-corrected chi connectivity index (χ1v) is 10.0. The van der Waals surface area contributed by atoms with Gasteiger partial charge in [-0.15, -0.1) is 0 Å². The summed E-state index contributed by atoms with van der Waals surface area (Å²) in [6.07, 6.45) is 6.61. The minimum Gasteiger partial charge on any atom is -0.508 e. The van der Waals surface area contributed by atoms with Crippen molar-refractivity contribution in [3.05, 3.63) is 23.3 Å². The van der Waals surface area contributed by atoms with Crippen LogP contribution in [-0.4, -0.2) is 16.2 Å². The summed E-state index contributed by atoms with van der Waals surface area (Å²) < 4.78 is 6.42. The molecule has 1 aromatic carbocycles. The van der Waals surface area contributed by atoms with Gasteiger partial charge < -0.3 is 15.6 Å². The third-order valence-corrected chi connectivity index (χ3v) is 7.04. The molecular weight excluding hydrogens is 310 g/mol. The Labute approximate surface area is 153 Å². The number of aryl methyl sites for hydroxylation is 1. The monoisotopic (exact) mass is 345 g/mol. The highest BCUT2D eigenvalue weighted by Crippen LogP contribution is 2.58. The highest BCUT2D eigenvalue weighted by Gasteiger charge is 2.58. The minimum absolute atomic E-state index is 0.139. The largest absolute Gasteiger partial charge is 0.508 e. The van der Waals surface area contributed by atoms with E-state index in [-0.39, 0.29) is 5.92 Å². The lowest BCUT2D eigenvalue weighted by molar-refractivity contribution is -0.0534. The Morgan fingerprint density at radius 2 is 1.96 bits per heavy atom. The van der Waals surface area contributed by atoms with Crippen molar-refractivity contribution < 1.29 is 9.84 Å². The molecule has 1 saturated carbocycles. The summed E-state index contributed by atoms with van der Waals surface area (Å²) in [4.78, 5) is 0. The van der Waals surface area contributed by atoms with E-state index >= 15 is 0 Å². The van der Waals surface area contributed by atoms with Crippen molar-refractivity contribution in [3.63, 3.8) is 0 Å². The number of ether oxygens (including phenoxy) is 1. The summed E-state index contributed by atoms with van der Waals surface area (Å²) in [5.74, 6) is 2.40. The molecule has 4 unspecified atom stereocenters. The zero-order chi connectivity index (χ0) is 18.4. The Hall–Kier alpha value is -1.22. The maximum atomic E-state index is 10.9. The van der Waals surface area contributed by atoms with Crippen LogP contribution in [-0.2, 0) is 6.42 Å². The number of hydrogen-bond donors (Lipinski definition) is 2. The second-order valence-electron chi connectivity index (χ2n) is 8.99. The van der Waals surface area contributed by atoms with Gasteiger partial charge in [0.2, 0.25) is 0 Å². The number of hydrogen-bond acceptors (Lipinski definition) is 3. The predicted molar refractivity (Wildman–Crippen MR) is 103 cm³/mol. The molecule has 4 atom stereocenters. The van der Waals surface area contributed by atoms with Gasteiger partial charge in [0, 0.05) is 11.5 Å². The second kappa shape index (κ2) is 6.50. The van der Waals surface area contributed by atoms with Crippen molar-refractivity contribution in [2.45, 2.75) is 90.2 Å². The quantitative estimate of drug-likeness (QED) is 0.743. The van der Waals surface area contributed by atoms with Crippen LogP contribution >= 0.6 is 0 Å². The molecule has 0 saturated heterocycles. The number of unbranched alkanes of at least 4 members (excludes halogenated alkanes) is 2. The minimum atomic E-state index is -0.437. The Balaban J connectivity index is 2.05. The van der Waals surface area contributed by atoms with E-state index in [0.717, 1.165) is 37.0 Å². The molecule has 3 nitrogen and oxygen atoms in total. The Bertz CT molecular complexity index is 639. The number of phenols is 1. The van der Waals surface area contributed by atoms with Crippen LogP contribution in [0, 0.1) is 11.8 Å². The molecule has 2 aliphatic rings. The van der Waals surface area contributed by atoms with E-state index in [9.17, 15) is 5.11 Å². The third-order valence-electron chi connectivity index (χ3n) is 7.04. The van der Waals surface area contributed by atoms with E-state index in [1.807, 2.05) is 6.07 Å². The normalized spacial score (nSPS) is 33.3. The molecule has 0 spiro atoms. The predicted octanol–water partition coefficient (Wildman–Crippen LogP) is 5.14. The van der Waals surface area contributed by atoms with Crippen molar-refractivity contribution in [2.24, 2.45) is 17.6 Å². The zero-order valence-corrected chi connectivity index (χ0v) is 16.6. The average molecular weight is 346 g/mol. The lowest BCUT2D eigenvalue weighted by Gasteiger charge is -2.58. The van der Waals surface area contributed by atoms with Crippen LogP contribution < -0.4 is 10.5 Å². The number of benzene rings is 1. The van der Waals surface area contributed by atoms with Crippen LogP contribution in [0.25, 0.3) is 0 Å². The SMILES string of the molecule is CCCCCc1cc(O)c2c(c1)OC(C)(C)C1(N)CCC(C)C(C)C21. The molecule has 0 aromatic heterocycles. The highest BCUT2D eigenvalue weighted by molar-refractivity contribution is 5.54. The number of aromatic hydroxyl groups is 1. The number of nitrogens with two attached hydrogens (primary N) is 1. The van der Waals surface area contributed by atoms with Gasteiger partial charge >= 0.3 is 0 Å². The van der Waals surface area contributed by atoms with Crippen LogP contribution in [0.4, 0.5) is 0 Å². The molecule has 1 aliphatic heterocycles. The summed E-state index contributed by atoms with van der Waals surface area (Å²) >= 11 is 0. The first-order chi connectivity index (χ1) is 11.7. The fourth-order valence-corrected chi connectivity index (χ4v) is 5.04. The van der Waals surface area contributed by atoms with Crippen molar-refractivity contribution in [1.29, 1.82) is 0 Å². The fourth-order valence-electron chi connectivity index (χ4n) is 5.04. The molecule has 0 bridgehead atoms. The highest BCUT2D eigenvalue weighted by atomic mass is 16.5. The lowest BCUT2D eigenvalue weighted by atomic mass is 9.55. The van der Waals surface area contributed by atoms with E-state index in [4.69, 9.17) is 10.5 Å². The first kappa shape index (κ1) is 18.6. The molecule has 1 aromatic rings. The molecule has 3 heteroatoms. The van der Waals surface area contributed by atoms with E-state index in [1.54, 1.807) is 0 Å². The topological polar surface area (TPSA) is 55.5 Å². The molecule has 1 heterocycles. The summed E-state index contributed by atoms with van der Waals surface area (Å²) in [5.41, 5.74) is 8.22. The van der Waals surface area contributed by atoms with Gasteiger partial charge in [0.1, 0.15) is 17.1 Å². The van der Waals surface area contributed by atoms with Crippen molar-refractivity contribution in [1.82, 2.24) is 0 Å². The molecule has 25 heavy (non-hydrogen) atoms. The van der Waals surface area contributed by atoms with Gasteiger partial charge in [0.15, 0.2) is 0 Å². The maximum Gasteiger partial charge on any atom is 0.127 e. The molecule has 3 N–H and O–H groups in total. The standard InChI is InChI=1S/C22H35NO2/c1-6-7-8-9-16-12-17(24)19-18(13-16)25-21(4,5)22(23)11-10-14(2)15(3)20(19)22/h12-15,20,24H,6-11,23H2,1-5H3. The van der Waals surface area contributed by atoms with Gasteiger partial charge in [0.25, 0.3) is 0 Å². The fraction of sp³-hybridized carbons (Fsp3) is 0.727. The zero-order valence-electron chi connectivity index (χ0n) is 16.6. The van der Waals surface area contributed by atoms with E-state index in [1.165, 1.54) is 18.4 Å². The van der Waals surface area contributed by atoms with Gasteiger partial charge in [0.05, 0.1) is 5.54 Å². The van der Waals surface area contributed by atoms with Crippen LogP contribution in [0.1, 0.15) is 83.8 Å². The van der Waals surface area contributed by atoms with E-state index < -0.39 is 11.1 Å². The van der Waals surface area contributed by atoms with Gasteiger partial charge in [-0.2, -0.15) is 0 Å². The Morgan fingerprint density at radius 1 is 1.24 bits per heavy atom. The van der Waals surface area contributed by atoms with Gasteiger partial charge in [-0.1, -0.05) is 33.6 Å². The van der Waals surface area contributed by atoms with Crippen LogP contribution in [0.15, 0.2) is 12.1 Å². The Kier molecular flexibility index (Phi) is 4.83. The van der Waals surface area contributed by atoms with E-state index in [2.05, 4.69) is 40.7 Å². The molecule has 0 radical (unpaired) electrons. The van der Waals surface area contributed by atoms with Gasteiger partial charge in [-0.25, -0.2) is 0 Å². The average Bonchev–Trinajstić information content (AvgIpc) is 2.52. The molecule has 140 valence electrons. The summed E-state index contributed by atoms with van der Waals surface area (Å²) in [6, 6.07) is 4.10. The molecule has 0 amide bonds. The lowest BCUT2D eigenvalue weighted by Crippen LogP contribution is -2.68. The smallest absolute Gasteiger partial charge is 0.127 e. The van der Waals surface area contributed by atoms with Crippen LogP contribution in [0.3, 0.4) is 0 Å². The van der Waals surface area contributed by atoms with Crippen molar-refractivity contribution >= 4 is 0 Å². The summed E-state index contributed by atoms with van der Waals surface area (Å²) in [7, 11) is 0. The molecule has 3 rings (SSSR count). The molecule has 1 aliphatic carbocycles. The number of fused-ring (bicyclic) bond motifs is 3. The van der Waals surface area contributed by atoms with Crippen LogP contribution in [0.5, 0.6) is 11.5 Å². The first-order valence-electron chi connectivity index (χ1n) is 10.0. The molecular formula is C22H35NO2. The molecule has 1 fully saturated rings. The van der Waals surface area contributed by atoms with Crippen LogP contribution in [0.2, 0.25) is 0 Å². The summed E-state index contributed by atoms with van der Waals surface area (Å²) in [6.45, 7) is 11.0. The summed E-state index contributed by atoms with van der Waals surface area (Å²) in [5, 5.41) is 10.9. The van der Waals surface area contributed by atoms with Crippen molar-refractivity contribution in [3.8, 4) is 11.5 Å². The van der Waals surface area contributed by atoms with Crippen molar-refractivity contribution in [2.75, 3.05) is 0 Å². The van der Waals surface area contributed by atoms with Gasteiger partial charge in [-0.3, -0.25) is 0 Å². The van der Waals surface area contributed by atoms with E-state index in [0.29, 0.717) is 17.6 Å². The van der Waals surface area contributed by atoms with Gasteiger partial charge in [-0.05, 0) is 69.1 Å². The number of phenolic OH excluding ortho intramolecular Hbond substituents is 1. The Morgan fingerprint density at radius 3 is 2.64 bits per heavy atom. The third kappa shape index (κ3) is 2.95.